The number of hydrogen-bond acceptors (Lipinski definition) is 3. The lowest BCUT2D eigenvalue weighted by atomic mass is 9.97. The first kappa shape index (κ1) is 14.0. The van der Waals surface area contributed by atoms with E-state index >= 15 is 0 Å². The van der Waals surface area contributed by atoms with Crippen LogP contribution in [0, 0.1) is 0 Å². The van der Waals surface area contributed by atoms with Gasteiger partial charge in [-0.15, -0.1) is 0 Å². The van der Waals surface area contributed by atoms with Gasteiger partial charge in [-0.1, -0.05) is 11.6 Å². The number of rotatable bonds is 5. The van der Waals surface area contributed by atoms with Crippen molar-refractivity contribution < 1.29 is 9.53 Å². The number of Topliss-reactive ketones (excluding diaryl/α,β-unsaturated/α-hetero) is 1. The van der Waals surface area contributed by atoms with Gasteiger partial charge in [0.05, 0.1) is 5.60 Å². The van der Waals surface area contributed by atoms with E-state index in [1.807, 2.05) is 13.8 Å². The van der Waals surface area contributed by atoms with Crippen molar-refractivity contribution in [1.82, 2.24) is 0 Å². The predicted molar refractivity (Wildman–Crippen MR) is 70.5 cm³/mol. The summed E-state index contributed by atoms with van der Waals surface area (Å²) in [4.78, 5) is 12.0. The van der Waals surface area contributed by atoms with Crippen molar-refractivity contribution in [2.24, 2.45) is 0 Å². The van der Waals surface area contributed by atoms with E-state index in [1.54, 1.807) is 25.3 Å². The minimum absolute atomic E-state index is 0.0179. The zero-order chi connectivity index (χ0) is 13.1. The fourth-order valence-corrected chi connectivity index (χ4v) is 1.62. The summed E-state index contributed by atoms with van der Waals surface area (Å²) in [6, 6.07) is 4.93. The van der Waals surface area contributed by atoms with Crippen molar-refractivity contribution in [2.45, 2.75) is 32.3 Å². The summed E-state index contributed by atoms with van der Waals surface area (Å²) < 4.78 is 5.27. The maximum absolute atomic E-state index is 12.0. The summed E-state index contributed by atoms with van der Waals surface area (Å²) in [5.41, 5.74) is 6.42. The monoisotopic (exact) mass is 255 g/mol. The Hall–Kier alpha value is -1.06. The van der Waals surface area contributed by atoms with Crippen LogP contribution in [0.3, 0.4) is 0 Å². The number of nitrogens with two attached hydrogens (primary N) is 1. The highest BCUT2D eigenvalue weighted by atomic mass is 35.5. The molecule has 0 saturated carbocycles. The van der Waals surface area contributed by atoms with Crippen LogP contribution >= 0.6 is 11.6 Å². The van der Waals surface area contributed by atoms with E-state index in [0.29, 0.717) is 29.1 Å². The first-order chi connectivity index (χ1) is 7.85. The third-order valence-electron chi connectivity index (χ3n) is 2.82. The normalized spacial score (nSPS) is 11.5. The quantitative estimate of drug-likeness (QED) is 0.649. The Labute approximate surface area is 107 Å². The van der Waals surface area contributed by atoms with Gasteiger partial charge < -0.3 is 10.5 Å². The first-order valence-electron chi connectivity index (χ1n) is 5.49. The SMILES string of the molecule is COC(C)(C)CCC(=O)c1ccc(Cl)cc1N. The number of methoxy groups -OCH3 is 1. The number of anilines is 1. The Morgan fingerprint density at radius 3 is 2.65 bits per heavy atom. The summed E-state index contributed by atoms with van der Waals surface area (Å²) in [5.74, 6) is 0.0179. The number of nitrogen functional groups attached to an aromatic ring is 1. The number of hydrogen-bond donors (Lipinski definition) is 1. The first-order valence-corrected chi connectivity index (χ1v) is 5.87. The van der Waals surface area contributed by atoms with E-state index in [4.69, 9.17) is 22.1 Å². The number of benzene rings is 1. The summed E-state index contributed by atoms with van der Waals surface area (Å²) in [6.45, 7) is 3.90. The fourth-order valence-electron chi connectivity index (χ4n) is 1.44. The Morgan fingerprint density at radius 2 is 2.12 bits per heavy atom. The number of halogens is 1. The molecular weight excluding hydrogens is 238 g/mol. The van der Waals surface area contributed by atoms with E-state index in [1.165, 1.54) is 0 Å². The standard InChI is InChI=1S/C13H18ClNO2/c1-13(2,17-3)7-6-12(16)10-5-4-9(14)8-11(10)15/h4-5,8H,6-7,15H2,1-3H3. The molecule has 0 amide bonds. The van der Waals surface area contributed by atoms with Crippen LogP contribution in [0.5, 0.6) is 0 Å². The molecule has 94 valence electrons. The molecule has 0 aliphatic rings. The molecule has 17 heavy (non-hydrogen) atoms. The zero-order valence-electron chi connectivity index (χ0n) is 10.4. The predicted octanol–water partition coefficient (Wildman–Crippen LogP) is 3.31. The second kappa shape index (κ2) is 5.52. The van der Waals surface area contributed by atoms with Gasteiger partial charge in [-0.05, 0) is 38.5 Å². The second-order valence-electron chi connectivity index (χ2n) is 4.62. The Morgan fingerprint density at radius 1 is 1.47 bits per heavy atom. The topological polar surface area (TPSA) is 52.3 Å². The van der Waals surface area contributed by atoms with Gasteiger partial charge in [-0.3, -0.25) is 4.79 Å². The number of carbonyl (C=O) groups excluding carboxylic acids is 1. The van der Waals surface area contributed by atoms with Gasteiger partial charge in [0.1, 0.15) is 0 Å². The number of ketones is 1. The van der Waals surface area contributed by atoms with Crippen molar-refractivity contribution in [2.75, 3.05) is 12.8 Å². The van der Waals surface area contributed by atoms with Crippen molar-refractivity contribution in [3.63, 3.8) is 0 Å². The van der Waals surface area contributed by atoms with Crippen LogP contribution in [0.2, 0.25) is 5.02 Å². The largest absolute Gasteiger partial charge is 0.398 e. The summed E-state index contributed by atoms with van der Waals surface area (Å²) in [5, 5.41) is 0.538. The smallest absolute Gasteiger partial charge is 0.165 e. The van der Waals surface area contributed by atoms with E-state index in [0.717, 1.165) is 0 Å². The molecule has 2 N–H and O–H groups in total. The Kier molecular flexibility index (Phi) is 4.54. The van der Waals surface area contributed by atoms with E-state index in [-0.39, 0.29) is 11.4 Å². The number of ether oxygens (including phenoxy) is 1. The highest BCUT2D eigenvalue weighted by molar-refractivity contribution is 6.31. The lowest BCUT2D eigenvalue weighted by Crippen LogP contribution is -2.23. The van der Waals surface area contributed by atoms with Crippen molar-refractivity contribution in [3.05, 3.63) is 28.8 Å². The molecule has 1 rings (SSSR count). The van der Waals surface area contributed by atoms with Crippen molar-refractivity contribution in [3.8, 4) is 0 Å². The highest BCUT2D eigenvalue weighted by Crippen LogP contribution is 2.22. The molecule has 0 fully saturated rings. The van der Waals surface area contributed by atoms with E-state index < -0.39 is 0 Å². The molecule has 4 heteroatoms. The molecule has 0 spiro atoms. The summed E-state index contributed by atoms with van der Waals surface area (Å²) >= 11 is 5.78. The van der Waals surface area contributed by atoms with E-state index in [9.17, 15) is 4.79 Å². The maximum Gasteiger partial charge on any atom is 0.165 e. The van der Waals surface area contributed by atoms with Crippen LogP contribution in [0.25, 0.3) is 0 Å². The number of carbonyl (C=O) groups is 1. The maximum atomic E-state index is 12.0. The molecule has 0 aliphatic carbocycles. The Bertz CT molecular complexity index is 416. The van der Waals surface area contributed by atoms with Crippen LogP contribution in [0.4, 0.5) is 5.69 Å². The molecule has 0 aliphatic heterocycles. The molecule has 0 heterocycles. The fraction of sp³-hybridized carbons (Fsp3) is 0.462. The summed E-state index contributed by atoms with van der Waals surface area (Å²) in [7, 11) is 1.64. The molecule has 0 radical (unpaired) electrons. The molecule has 0 unspecified atom stereocenters. The van der Waals surface area contributed by atoms with Crippen LogP contribution < -0.4 is 5.73 Å². The minimum atomic E-state index is -0.295. The third kappa shape index (κ3) is 4.02. The van der Waals surface area contributed by atoms with Gasteiger partial charge >= 0.3 is 0 Å². The second-order valence-corrected chi connectivity index (χ2v) is 5.06. The average Bonchev–Trinajstić information content (AvgIpc) is 2.26. The lowest BCUT2D eigenvalue weighted by molar-refractivity contribution is 0.0141. The van der Waals surface area contributed by atoms with Gasteiger partial charge in [0.2, 0.25) is 0 Å². The molecule has 0 bridgehead atoms. The summed E-state index contributed by atoms with van der Waals surface area (Å²) in [6.07, 6.45) is 1.07. The van der Waals surface area contributed by atoms with Crippen LogP contribution in [0.15, 0.2) is 18.2 Å². The van der Waals surface area contributed by atoms with Crippen LogP contribution in [-0.2, 0) is 4.74 Å². The van der Waals surface area contributed by atoms with Gasteiger partial charge in [0.25, 0.3) is 0 Å². The molecule has 1 aromatic rings. The molecule has 3 nitrogen and oxygen atoms in total. The Balaban J connectivity index is 2.71. The molecule has 0 atom stereocenters. The van der Waals surface area contributed by atoms with E-state index in [2.05, 4.69) is 0 Å². The minimum Gasteiger partial charge on any atom is -0.398 e. The van der Waals surface area contributed by atoms with Crippen molar-refractivity contribution in [1.29, 1.82) is 0 Å². The van der Waals surface area contributed by atoms with Crippen LogP contribution in [0.1, 0.15) is 37.0 Å². The molecular formula is C13H18ClNO2. The van der Waals surface area contributed by atoms with Gasteiger partial charge in [0.15, 0.2) is 5.78 Å². The van der Waals surface area contributed by atoms with Crippen molar-refractivity contribution >= 4 is 23.1 Å². The molecule has 0 saturated heterocycles. The van der Waals surface area contributed by atoms with Gasteiger partial charge in [0, 0.05) is 29.8 Å². The molecule has 1 aromatic carbocycles. The molecule has 0 aromatic heterocycles. The van der Waals surface area contributed by atoms with Gasteiger partial charge in [-0.2, -0.15) is 0 Å². The van der Waals surface area contributed by atoms with Crippen LogP contribution in [-0.4, -0.2) is 18.5 Å². The zero-order valence-corrected chi connectivity index (χ0v) is 11.2. The van der Waals surface area contributed by atoms with Gasteiger partial charge in [-0.25, -0.2) is 0 Å². The highest BCUT2D eigenvalue weighted by Gasteiger charge is 2.19. The average molecular weight is 256 g/mol. The third-order valence-corrected chi connectivity index (χ3v) is 3.06. The lowest BCUT2D eigenvalue weighted by Gasteiger charge is -2.22.